The average molecular weight is 425 g/mol. The Morgan fingerprint density at radius 1 is 1.19 bits per heavy atom. The molecule has 0 aliphatic carbocycles. The van der Waals surface area contributed by atoms with Crippen molar-refractivity contribution >= 4 is 11.8 Å². The number of nitrogens with zero attached hydrogens (tertiary/aromatic N) is 3. The van der Waals surface area contributed by atoms with Crippen LogP contribution in [0.15, 0.2) is 29.1 Å². The fraction of sp³-hybridized carbons (Fsp3) is 0.583. The Morgan fingerprint density at radius 2 is 2.13 bits per heavy atom. The molecule has 166 valence electrons. The Labute approximate surface area is 183 Å². The minimum Gasteiger partial charge on any atom is -0.493 e. The number of morpholine rings is 1. The van der Waals surface area contributed by atoms with Crippen LogP contribution in [0.2, 0.25) is 0 Å². The van der Waals surface area contributed by atoms with Crippen LogP contribution in [0, 0.1) is 0 Å². The summed E-state index contributed by atoms with van der Waals surface area (Å²) in [6.45, 7) is 5.92. The normalized spacial score (nSPS) is 23.9. The highest BCUT2D eigenvalue weighted by atomic mass is 16.5. The number of rotatable bonds is 4. The van der Waals surface area contributed by atoms with E-state index in [1.54, 1.807) is 6.07 Å². The summed E-state index contributed by atoms with van der Waals surface area (Å²) in [5, 5.41) is 0. The number of hydrogen-bond acceptors (Lipinski definition) is 6. The van der Waals surface area contributed by atoms with Gasteiger partial charge in [0.2, 0.25) is 5.95 Å². The second kappa shape index (κ2) is 8.91. The van der Waals surface area contributed by atoms with E-state index in [-0.39, 0.29) is 11.7 Å². The van der Waals surface area contributed by atoms with E-state index < -0.39 is 0 Å². The highest BCUT2D eigenvalue weighted by molar-refractivity contribution is 5.47. The van der Waals surface area contributed by atoms with Gasteiger partial charge in [0.1, 0.15) is 11.6 Å². The fourth-order valence-electron chi connectivity index (χ4n) is 5.12. The molecule has 0 unspecified atom stereocenters. The smallest absolute Gasteiger partial charge is 0.254 e. The van der Waals surface area contributed by atoms with Crippen LogP contribution in [-0.4, -0.2) is 55.0 Å². The zero-order valence-corrected chi connectivity index (χ0v) is 18.3. The summed E-state index contributed by atoms with van der Waals surface area (Å²) in [6, 6.07) is 8.41. The molecule has 2 fully saturated rings. The van der Waals surface area contributed by atoms with E-state index in [4.69, 9.17) is 14.5 Å². The highest BCUT2D eigenvalue weighted by Crippen LogP contribution is 2.33. The molecule has 3 aliphatic rings. The third-order valence-corrected chi connectivity index (χ3v) is 6.68. The van der Waals surface area contributed by atoms with Gasteiger partial charge in [0, 0.05) is 38.2 Å². The Balaban J connectivity index is 1.44. The van der Waals surface area contributed by atoms with Crippen LogP contribution >= 0.6 is 0 Å². The van der Waals surface area contributed by atoms with Gasteiger partial charge in [0.05, 0.1) is 19.3 Å². The van der Waals surface area contributed by atoms with E-state index >= 15 is 0 Å². The molecular weight excluding hydrogens is 392 g/mol. The van der Waals surface area contributed by atoms with Crippen molar-refractivity contribution in [3.05, 3.63) is 45.7 Å². The maximum Gasteiger partial charge on any atom is 0.254 e. The minimum atomic E-state index is -0.0916. The summed E-state index contributed by atoms with van der Waals surface area (Å²) in [4.78, 5) is 25.0. The van der Waals surface area contributed by atoms with Gasteiger partial charge < -0.3 is 19.3 Å². The first kappa shape index (κ1) is 20.4. The van der Waals surface area contributed by atoms with E-state index in [1.807, 2.05) is 0 Å². The van der Waals surface area contributed by atoms with Crippen LogP contribution in [-0.2, 0) is 17.6 Å². The summed E-state index contributed by atoms with van der Waals surface area (Å²) < 4.78 is 11.6. The Kier molecular flexibility index (Phi) is 5.85. The number of aromatic amines is 1. The molecule has 2 aromatic rings. The molecule has 0 spiro atoms. The van der Waals surface area contributed by atoms with Crippen molar-refractivity contribution < 1.29 is 9.47 Å². The van der Waals surface area contributed by atoms with Crippen molar-refractivity contribution in [3.8, 4) is 5.75 Å². The van der Waals surface area contributed by atoms with Crippen molar-refractivity contribution in [2.45, 2.75) is 57.6 Å². The highest BCUT2D eigenvalue weighted by Gasteiger charge is 2.27. The number of anilines is 2. The van der Waals surface area contributed by atoms with Gasteiger partial charge in [-0.1, -0.05) is 31.0 Å². The zero-order chi connectivity index (χ0) is 21.2. The molecule has 5 rings (SSSR count). The number of para-hydroxylation sites is 1. The van der Waals surface area contributed by atoms with Crippen molar-refractivity contribution in [1.29, 1.82) is 0 Å². The van der Waals surface area contributed by atoms with E-state index in [0.29, 0.717) is 18.6 Å². The van der Waals surface area contributed by atoms with Crippen LogP contribution in [0.4, 0.5) is 11.8 Å². The van der Waals surface area contributed by atoms with Gasteiger partial charge in [-0.25, -0.2) is 0 Å². The number of benzene rings is 1. The number of nitrogens with one attached hydrogen (secondary N) is 1. The monoisotopic (exact) mass is 424 g/mol. The molecule has 3 aliphatic heterocycles. The number of aromatic nitrogens is 2. The molecule has 1 aromatic heterocycles. The van der Waals surface area contributed by atoms with Crippen molar-refractivity contribution in [2.24, 2.45) is 0 Å². The van der Waals surface area contributed by atoms with Gasteiger partial charge in [-0.05, 0) is 37.3 Å². The lowest BCUT2D eigenvalue weighted by molar-refractivity contribution is 0.0529. The first-order valence-electron chi connectivity index (χ1n) is 11.7. The van der Waals surface area contributed by atoms with E-state index in [1.165, 1.54) is 24.0 Å². The molecule has 2 atom stereocenters. The van der Waals surface area contributed by atoms with Crippen LogP contribution in [0.5, 0.6) is 5.75 Å². The summed E-state index contributed by atoms with van der Waals surface area (Å²) in [5.41, 5.74) is 2.49. The summed E-state index contributed by atoms with van der Waals surface area (Å²) in [6.07, 6.45) is 6.65. The maximum atomic E-state index is 12.6. The predicted molar refractivity (Wildman–Crippen MR) is 121 cm³/mol. The standard InChI is InChI=1S/C24H32N4O3/c1-17-16-27(11-13-30-17)21-15-22(29)26-24(25-21)28-10-4-2-3-8-20(28)14-19-7-5-6-18-9-12-31-23(18)19/h5-7,15,17,20H,2-4,8-14,16H2,1H3,(H,25,26,29)/t17-,20-/m1/s1. The Morgan fingerprint density at radius 3 is 3.03 bits per heavy atom. The molecule has 7 nitrogen and oxygen atoms in total. The zero-order valence-electron chi connectivity index (χ0n) is 18.3. The summed E-state index contributed by atoms with van der Waals surface area (Å²) in [5.74, 6) is 2.52. The molecule has 4 heterocycles. The first-order chi connectivity index (χ1) is 15.2. The Hall–Kier alpha value is -2.54. The molecule has 0 amide bonds. The third kappa shape index (κ3) is 4.42. The second-order valence-corrected chi connectivity index (χ2v) is 8.96. The van der Waals surface area contributed by atoms with Crippen LogP contribution in [0.3, 0.4) is 0 Å². The van der Waals surface area contributed by atoms with Gasteiger partial charge >= 0.3 is 0 Å². The van der Waals surface area contributed by atoms with Gasteiger partial charge in [-0.15, -0.1) is 0 Å². The molecule has 0 bridgehead atoms. The van der Waals surface area contributed by atoms with E-state index in [9.17, 15) is 4.79 Å². The lowest BCUT2D eigenvalue weighted by Gasteiger charge is -2.34. The quantitative estimate of drug-likeness (QED) is 0.814. The largest absolute Gasteiger partial charge is 0.493 e. The molecule has 7 heteroatoms. The molecule has 0 radical (unpaired) electrons. The van der Waals surface area contributed by atoms with Gasteiger partial charge in [0.25, 0.3) is 5.56 Å². The molecule has 31 heavy (non-hydrogen) atoms. The predicted octanol–water partition coefficient (Wildman–Crippen LogP) is 2.92. The Bertz CT molecular complexity index is 976. The number of ether oxygens (including phenoxy) is 2. The molecule has 1 N–H and O–H groups in total. The lowest BCUT2D eigenvalue weighted by Crippen LogP contribution is -2.43. The molecule has 0 saturated carbocycles. The van der Waals surface area contributed by atoms with Gasteiger partial charge in [-0.3, -0.25) is 9.78 Å². The SMILES string of the molecule is C[C@@H]1CN(c2cc(=O)[nH]c(N3CCCCC[C@@H]3Cc3cccc4c3OCC4)n2)CCO1. The van der Waals surface area contributed by atoms with Gasteiger partial charge in [0.15, 0.2) is 0 Å². The molecule has 2 saturated heterocycles. The van der Waals surface area contributed by atoms with Crippen LogP contribution in [0.25, 0.3) is 0 Å². The lowest BCUT2D eigenvalue weighted by atomic mass is 9.98. The maximum absolute atomic E-state index is 12.6. The van der Waals surface area contributed by atoms with Crippen LogP contribution in [0.1, 0.15) is 43.7 Å². The van der Waals surface area contributed by atoms with Crippen molar-refractivity contribution in [1.82, 2.24) is 9.97 Å². The minimum absolute atomic E-state index is 0.0916. The van der Waals surface area contributed by atoms with Crippen LogP contribution < -0.4 is 20.1 Å². The number of fused-ring (bicyclic) bond motifs is 1. The topological polar surface area (TPSA) is 70.7 Å². The summed E-state index contributed by atoms with van der Waals surface area (Å²) >= 11 is 0. The average Bonchev–Trinajstić information content (AvgIpc) is 3.13. The van der Waals surface area contributed by atoms with Crippen molar-refractivity contribution in [2.75, 3.05) is 42.6 Å². The van der Waals surface area contributed by atoms with E-state index in [0.717, 1.165) is 63.5 Å². The first-order valence-corrected chi connectivity index (χ1v) is 11.7. The van der Waals surface area contributed by atoms with Gasteiger partial charge in [-0.2, -0.15) is 4.98 Å². The molecular formula is C24H32N4O3. The van der Waals surface area contributed by atoms with Crippen molar-refractivity contribution in [3.63, 3.8) is 0 Å². The third-order valence-electron chi connectivity index (χ3n) is 6.68. The molecule has 1 aromatic carbocycles. The fourth-order valence-corrected chi connectivity index (χ4v) is 5.12. The number of hydrogen-bond donors (Lipinski definition) is 1. The second-order valence-electron chi connectivity index (χ2n) is 8.96. The van der Waals surface area contributed by atoms with E-state index in [2.05, 4.69) is 39.9 Å². The number of H-pyrrole nitrogens is 1. The summed E-state index contributed by atoms with van der Waals surface area (Å²) in [7, 11) is 0.